The summed E-state index contributed by atoms with van der Waals surface area (Å²) < 4.78 is 0. The SMILES string of the molecule is CC(C)CCC(C)NC(=O)CCCNC(=O)c1ccc(Cl)cc1. The van der Waals surface area contributed by atoms with Gasteiger partial charge in [0, 0.05) is 29.6 Å². The van der Waals surface area contributed by atoms with Gasteiger partial charge in [0.15, 0.2) is 0 Å². The fourth-order valence-electron chi connectivity index (χ4n) is 2.16. The zero-order valence-corrected chi connectivity index (χ0v) is 15.0. The van der Waals surface area contributed by atoms with Crippen molar-refractivity contribution in [2.75, 3.05) is 6.54 Å². The summed E-state index contributed by atoms with van der Waals surface area (Å²) in [6.07, 6.45) is 3.16. The Balaban J connectivity index is 2.17. The first-order valence-corrected chi connectivity index (χ1v) is 8.59. The lowest BCUT2D eigenvalue weighted by molar-refractivity contribution is -0.121. The Bertz CT molecular complexity index is 500. The van der Waals surface area contributed by atoms with E-state index in [0.29, 0.717) is 35.9 Å². The highest BCUT2D eigenvalue weighted by Crippen LogP contribution is 2.09. The molecule has 2 amide bonds. The van der Waals surface area contributed by atoms with Gasteiger partial charge in [0.25, 0.3) is 5.91 Å². The van der Waals surface area contributed by atoms with Crippen LogP contribution in [-0.2, 0) is 4.79 Å². The molecule has 23 heavy (non-hydrogen) atoms. The van der Waals surface area contributed by atoms with Gasteiger partial charge in [0.1, 0.15) is 0 Å². The number of hydrogen-bond acceptors (Lipinski definition) is 2. The Labute approximate surface area is 144 Å². The van der Waals surface area contributed by atoms with Crippen LogP contribution in [0.1, 0.15) is 56.8 Å². The maximum Gasteiger partial charge on any atom is 0.251 e. The number of nitrogens with one attached hydrogen (secondary N) is 2. The lowest BCUT2D eigenvalue weighted by Gasteiger charge is -2.15. The van der Waals surface area contributed by atoms with E-state index in [1.807, 2.05) is 6.92 Å². The van der Waals surface area contributed by atoms with E-state index in [2.05, 4.69) is 24.5 Å². The van der Waals surface area contributed by atoms with Crippen molar-refractivity contribution in [3.8, 4) is 0 Å². The molecule has 0 heterocycles. The Morgan fingerprint density at radius 2 is 1.74 bits per heavy atom. The third-order valence-corrected chi connectivity index (χ3v) is 3.81. The van der Waals surface area contributed by atoms with Gasteiger partial charge in [-0.1, -0.05) is 25.4 Å². The van der Waals surface area contributed by atoms with Gasteiger partial charge in [-0.15, -0.1) is 0 Å². The quantitative estimate of drug-likeness (QED) is 0.673. The van der Waals surface area contributed by atoms with Crippen molar-refractivity contribution in [1.29, 1.82) is 0 Å². The maximum atomic E-state index is 11.9. The molecule has 0 radical (unpaired) electrons. The van der Waals surface area contributed by atoms with Crippen LogP contribution < -0.4 is 10.6 Å². The summed E-state index contributed by atoms with van der Waals surface area (Å²) >= 11 is 5.78. The number of carbonyl (C=O) groups is 2. The molecule has 0 fully saturated rings. The molecule has 0 spiro atoms. The van der Waals surface area contributed by atoms with Gasteiger partial charge in [-0.3, -0.25) is 9.59 Å². The Kier molecular flexibility index (Phi) is 8.70. The molecule has 1 rings (SSSR count). The summed E-state index contributed by atoms with van der Waals surface area (Å²) in [6.45, 7) is 6.87. The molecule has 2 N–H and O–H groups in total. The minimum atomic E-state index is -0.146. The highest BCUT2D eigenvalue weighted by atomic mass is 35.5. The van der Waals surface area contributed by atoms with Crippen LogP contribution in [0.5, 0.6) is 0 Å². The van der Waals surface area contributed by atoms with Gasteiger partial charge in [-0.2, -0.15) is 0 Å². The molecule has 1 aromatic rings. The van der Waals surface area contributed by atoms with Crippen LogP contribution in [0.2, 0.25) is 5.02 Å². The van der Waals surface area contributed by atoms with E-state index in [-0.39, 0.29) is 17.9 Å². The van der Waals surface area contributed by atoms with Crippen molar-refractivity contribution in [1.82, 2.24) is 10.6 Å². The molecule has 0 aliphatic rings. The average molecular weight is 339 g/mol. The number of halogens is 1. The van der Waals surface area contributed by atoms with Gasteiger partial charge < -0.3 is 10.6 Å². The van der Waals surface area contributed by atoms with E-state index in [9.17, 15) is 9.59 Å². The molecule has 1 aromatic carbocycles. The van der Waals surface area contributed by atoms with Crippen LogP contribution in [0.15, 0.2) is 24.3 Å². The first-order chi connectivity index (χ1) is 10.9. The van der Waals surface area contributed by atoms with E-state index in [0.717, 1.165) is 12.8 Å². The van der Waals surface area contributed by atoms with Gasteiger partial charge in [-0.25, -0.2) is 0 Å². The Morgan fingerprint density at radius 1 is 1.09 bits per heavy atom. The summed E-state index contributed by atoms with van der Waals surface area (Å²) in [5, 5.41) is 6.40. The molecule has 0 saturated heterocycles. The minimum Gasteiger partial charge on any atom is -0.354 e. The number of benzene rings is 1. The van der Waals surface area contributed by atoms with Crippen LogP contribution in [0, 0.1) is 5.92 Å². The monoisotopic (exact) mass is 338 g/mol. The van der Waals surface area contributed by atoms with Crippen LogP contribution in [-0.4, -0.2) is 24.4 Å². The highest BCUT2D eigenvalue weighted by Gasteiger charge is 2.09. The number of hydrogen-bond donors (Lipinski definition) is 2. The third-order valence-electron chi connectivity index (χ3n) is 3.56. The second kappa shape index (κ2) is 10.3. The number of amides is 2. The van der Waals surface area contributed by atoms with Gasteiger partial charge in [0.05, 0.1) is 0 Å². The molecule has 0 aliphatic carbocycles. The van der Waals surface area contributed by atoms with Gasteiger partial charge in [0.2, 0.25) is 5.91 Å². The van der Waals surface area contributed by atoms with E-state index >= 15 is 0 Å². The number of carbonyl (C=O) groups excluding carboxylic acids is 2. The predicted octanol–water partition coefficient (Wildman–Crippen LogP) is 3.79. The third kappa shape index (κ3) is 8.60. The molecule has 0 aromatic heterocycles. The van der Waals surface area contributed by atoms with Gasteiger partial charge in [-0.05, 0) is 56.4 Å². The largest absolute Gasteiger partial charge is 0.354 e. The van der Waals surface area contributed by atoms with E-state index < -0.39 is 0 Å². The van der Waals surface area contributed by atoms with Crippen LogP contribution in [0.25, 0.3) is 0 Å². The molecule has 1 unspecified atom stereocenters. The topological polar surface area (TPSA) is 58.2 Å². The Hall–Kier alpha value is -1.55. The zero-order valence-electron chi connectivity index (χ0n) is 14.2. The lowest BCUT2D eigenvalue weighted by Crippen LogP contribution is -2.33. The van der Waals surface area contributed by atoms with Gasteiger partial charge >= 0.3 is 0 Å². The predicted molar refractivity (Wildman–Crippen MR) is 94.7 cm³/mol. The lowest BCUT2D eigenvalue weighted by atomic mass is 10.0. The molecule has 1 atom stereocenters. The minimum absolute atomic E-state index is 0.0435. The first kappa shape index (κ1) is 19.5. The highest BCUT2D eigenvalue weighted by molar-refractivity contribution is 6.30. The van der Waals surface area contributed by atoms with Crippen LogP contribution >= 0.6 is 11.6 Å². The van der Waals surface area contributed by atoms with Crippen molar-refractivity contribution in [2.24, 2.45) is 5.92 Å². The molecular formula is C18H27ClN2O2. The zero-order chi connectivity index (χ0) is 17.2. The van der Waals surface area contributed by atoms with Crippen molar-refractivity contribution in [2.45, 2.75) is 52.5 Å². The fourth-order valence-corrected chi connectivity index (χ4v) is 2.28. The molecule has 4 nitrogen and oxygen atoms in total. The summed E-state index contributed by atoms with van der Waals surface area (Å²) in [7, 11) is 0. The summed E-state index contributed by atoms with van der Waals surface area (Å²) in [4.78, 5) is 23.7. The normalized spacial score (nSPS) is 12.0. The van der Waals surface area contributed by atoms with Crippen molar-refractivity contribution >= 4 is 23.4 Å². The maximum absolute atomic E-state index is 11.9. The molecular weight excluding hydrogens is 312 g/mol. The van der Waals surface area contributed by atoms with Crippen molar-refractivity contribution in [3.05, 3.63) is 34.9 Å². The van der Waals surface area contributed by atoms with Crippen LogP contribution in [0.3, 0.4) is 0 Å². The van der Waals surface area contributed by atoms with Crippen LogP contribution in [0.4, 0.5) is 0 Å². The molecule has 0 saturated carbocycles. The molecule has 0 aliphatic heterocycles. The fraction of sp³-hybridized carbons (Fsp3) is 0.556. The van der Waals surface area contributed by atoms with E-state index in [4.69, 9.17) is 11.6 Å². The first-order valence-electron chi connectivity index (χ1n) is 8.21. The summed E-state index contributed by atoms with van der Waals surface area (Å²) in [5.41, 5.74) is 0.571. The standard InChI is InChI=1S/C18H27ClN2O2/c1-13(2)6-7-14(3)21-17(22)5-4-12-20-18(23)15-8-10-16(19)11-9-15/h8-11,13-14H,4-7,12H2,1-3H3,(H,20,23)(H,21,22). The van der Waals surface area contributed by atoms with Crippen molar-refractivity contribution in [3.63, 3.8) is 0 Å². The second-order valence-corrected chi connectivity index (χ2v) is 6.74. The number of rotatable bonds is 9. The average Bonchev–Trinajstić information content (AvgIpc) is 2.50. The second-order valence-electron chi connectivity index (χ2n) is 6.31. The molecule has 5 heteroatoms. The molecule has 128 valence electrons. The van der Waals surface area contributed by atoms with Crippen molar-refractivity contribution < 1.29 is 9.59 Å². The van der Waals surface area contributed by atoms with E-state index in [1.165, 1.54) is 0 Å². The summed E-state index contributed by atoms with van der Waals surface area (Å²) in [5.74, 6) is 0.548. The van der Waals surface area contributed by atoms with E-state index in [1.54, 1.807) is 24.3 Å². The summed E-state index contributed by atoms with van der Waals surface area (Å²) in [6, 6.07) is 6.93. The Morgan fingerprint density at radius 3 is 2.35 bits per heavy atom. The smallest absolute Gasteiger partial charge is 0.251 e. The molecule has 0 bridgehead atoms.